The molecular weight excluding hydrogens is 414 g/mol. The zero-order valence-corrected chi connectivity index (χ0v) is 17.6. The summed E-state index contributed by atoms with van der Waals surface area (Å²) in [6.45, 7) is 0.0304. The molecule has 0 unspecified atom stereocenters. The van der Waals surface area contributed by atoms with Crippen LogP contribution in [0.4, 0.5) is 4.79 Å². The summed E-state index contributed by atoms with van der Waals surface area (Å²) >= 11 is 0. The summed E-state index contributed by atoms with van der Waals surface area (Å²) in [5, 5.41) is 11.6. The molecule has 0 heterocycles. The van der Waals surface area contributed by atoms with Crippen LogP contribution >= 0.6 is 0 Å². The fourth-order valence-electron chi connectivity index (χ4n) is 3.88. The predicted molar refractivity (Wildman–Crippen MR) is 117 cm³/mol. The van der Waals surface area contributed by atoms with Crippen molar-refractivity contribution in [3.8, 4) is 11.1 Å². The van der Waals surface area contributed by atoms with Crippen LogP contribution in [0.15, 0.2) is 77.7 Å². The molecule has 1 aliphatic carbocycles. The van der Waals surface area contributed by atoms with Crippen LogP contribution in [0.5, 0.6) is 0 Å². The van der Waals surface area contributed by atoms with E-state index in [2.05, 4.69) is 29.6 Å². The van der Waals surface area contributed by atoms with Gasteiger partial charge in [0.2, 0.25) is 0 Å². The number of fused-ring (bicyclic) bond motifs is 3. The second-order valence-corrected chi connectivity index (χ2v) is 9.47. The van der Waals surface area contributed by atoms with E-state index >= 15 is 0 Å². The topological polar surface area (TPSA) is 92.7 Å². The Morgan fingerprint density at radius 3 is 2.06 bits per heavy atom. The SMILES string of the molecule is O=C(NCc1ccc(S(=O)(=O)CCO)cc1)OCC1c2ccccc2-c2ccccc21. The third-order valence-electron chi connectivity index (χ3n) is 5.42. The summed E-state index contributed by atoms with van der Waals surface area (Å²) in [7, 11) is -3.49. The highest BCUT2D eigenvalue weighted by atomic mass is 32.2. The molecule has 31 heavy (non-hydrogen) atoms. The third kappa shape index (κ3) is 4.47. The Morgan fingerprint density at radius 2 is 1.48 bits per heavy atom. The van der Waals surface area contributed by atoms with E-state index in [1.54, 1.807) is 12.1 Å². The Bertz CT molecular complexity index is 1140. The first-order valence-corrected chi connectivity index (χ1v) is 11.7. The average molecular weight is 438 g/mol. The number of benzene rings is 3. The van der Waals surface area contributed by atoms with Crippen molar-refractivity contribution in [1.82, 2.24) is 5.32 Å². The van der Waals surface area contributed by atoms with Gasteiger partial charge in [0.1, 0.15) is 6.61 Å². The van der Waals surface area contributed by atoms with Crippen LogP contribution in [-0.2, 0) is 21.1 Å². The highest BCUT2D eigenvalue weighted by Gasteiger charge is 2.28. The van der Waals surface area contributed by atoms with Crippen molar-refractivity contribution >= 4 is 15.9 Å². The molecule has 0 saturated heterocycles. The summed E-state index contributed by atoms with van der Waals surface area (Å²) < 4.78 is 29.4. The molecule has 1 aliphatic rings. The molecule has 0 spiro atoms. The fraction of sp³-hybridized carbons (Fsp3) is 0.208. The monoisotopic (exact) mass is 437 g/mol. The largest absolute Gasteiger partial charge is 0.449 e. The Labute approximate surface area is 181 Å². The number of aliphatic hydroxyl groups excluding tert-OH is 1. The molecule has 3 aromatic rings. The summed E-state index contributed by atoms with van der Waals surface area (Å²) in [6.07, 6.45) is -0.529. The number of sulfone groups is 1. The molecular formula is C24H23NO5S. The second kappa shape index (κ2) is 8.91. The van der Waals surface area contributed by atoms with Gasteiger partial charge in [0.15, 0.2) is 9.84 Å². The van der Waals surface area contributed by atoms with Gasteiger partial charge in [-0.25, -0.2) is 13.2 Å². The van der Waals surface area contributed by atoms with Crippen molar-refractivity contribution < 1.29 is 23.1 Å². The van der Waals surface area contributed by atoms with E-state index in [1.807, 2.05) is 24.3 Å². The lowest BCUT2D eigenvalue weighted by molar-refractivity contribution is 0.142. The van der Waals surface area contributed by atoms with Gasteiger partial charge in [0.05, 0.1) is 17.3 Å². The smallest absolute Gasteiger partial charge is 0.407 e. The Balaban J connectivity index is 1.35. The molecule has 0 radical (unpaired) electrons. The molecule has 7 heteroatoms. The van der Waals surface area contributed by atoms with Gasteiger partial charge in [0, 0.05) is 12.5 Å². The minimum atomic E-state index is -3.49. The predicted octanol–water partition coefficient (Wildman–Crippen LogP) is 3.49. The van der Waals surface area contributed by atoms with E-state index in [0.717, 1.165) is 16.7 Å². The molecule has 2 N–H and O–H groups in total. The van der Waals surface area contributed by atoms with Crippen molar-refractivity contribution in [2.45, 2.75) is 17.4 Å². The highest BCUT2D eigenvalue weighted by Crippen LogP contribution is 2.44. The van der Waals surface area contributed by atoms with E-state index in [-0.39, 0.29) is 29.7 Å². The summed E-state index contributed by atoms with van der Waals surface area (Å²) in [6, 6.07) is 22.5. The van der Waals surface area contributed by atoms with E-state index in [9.17, 15) is 13.2 Å². The minimum Gasteiger partial charge on any atom is -0.449 e. The molecule has 0 atom stereocenters. The van der Waals surface area contributed by atoms with Gasteiger partial charge >= 0.3 is 6.09 Å². The molecule has 3 aromatic carbocycles. The quantitative estimate of drug-likeness (QED) is 0.590. The van der Waals surface area contributed by atoms with Crippen molar-refractivity contribution in [1.29, 1.82) is 0 Å². The van der Waals surface area contributed by atoms with Gasteiger partial charge in [0.25, 0.3) is 0 Å². The second-order valence-electron chi connectivity index (χ2n) is 7.37. The Morgan fingerprint density at radius 1 is 0.903 bits per heavy atom. The van der Waals surface area contributed by atoms with Crippen molar-refractivity contribution in [2.75, 3.05) is 19.0 Å². The van der Waals surface area contributed by atoms with E-state index in [0.29, 0.717) is 0 Å². The zero-order valence-electron chi connectivity index (χ0n) is 16.8. The molecule has 0 aliphatic heterocycles. The first-order valence-electron chi connectivity index (χ1n) is 10.0. The van der Waals surface area contributed by atoms with Gasteiger partial charge < -0.3 is 15.2 Å². The van der Waals surface area contributed by atoms with Crippen LogP contribution in [0.3, 0.4) is 0 Å². The number of hydrogen-bond donors (Lipinski definition) is 2. The molecule has 0 saturated carbocycles. The van der Waals surface area contributed by atoms with Crippen LogP contribution in [0.2, 0.25) is 0 Å². The van der Waals surface area contributed by atoms with Gasteiger partial charge in [-0.05, 0) is 39.9 Å². The number of carbonyl (C=O) groups excluding carboxylic acids is 1. The van der Waals surface area contributed by atoms with Crippen molar-refractivity contribution in [2.24, 2.45) is 0 Å². The molecule has 0 bridgehead atoms. The summed E-state index contributed by atoms with van der Waals surface area (Å²) in [5.41, 5.74) is 5.38. The molecule has 1 amide bonds. The van der Waals surface area contributed by atoms with Gasteiger partial charge in [-0.3, -0.25) is 0 Å². The number of rotatable bonds is 7. The van der Waals surface area contributed by atoms with Gasteiger partial charge in [-0.1, -0.05) is 60.7 Å². The molecule has 0 fully saturated rings. The number of alkyl carbamates (subject to hydrolysis) is 1. The number of aliphatic hydroxyl groups is 1. The van der Waals surface area contributed by atoms with E-state index in [4.69, 9.17) is 9.84 Å². The lowest BCUT2D eigenvalue weighted by Crippen LogP contribution is -2.25. The maximum absolute atomic E-state index is 12.3. The number of hydrogen-bond acceptors (Lipinski definition) is 5. The molecule has 4 rings (SSSR count). The van der Waals surface area contributed by atoms with E-state index in [1.165, 1.54) is 23.3 Å². The Kier molecular flexibility index (Phi) is 6.06. The minimum absolute atomic E-state index is 0.00540. The number of nitrogens with one attached hydrogen (secondary N) is 1. The Hall–Kier alpha value is -3.16. The first-order chi connectivity index (χ1) is 15.0. The van der Waals surface area contributed by atoms with Crippen LogP contribution < -0.4 is 5.32 Å². The zero-order chi connectivity index (χ0) is 21.8. The van der Waals surface area contributed by atoms with Crippen LogP contribution in [0.1, 0.15) is 22.6 Å². The number of carbonyl (C=O) groups is 1. The molecule has 0 aromatic heterocycles. The van der Waals surface area contributed by atoms with Gasteiger partial charge in [-0.15, -0.1) is 0 Å². The molecule has 6 nitrogen and oxygen atoms in total. The summed E-state index contributed by atoms with van der Waals surface area (Å²) in [4.78, 5) is 12.4. The normalized spacial score (nSPS) is 12.8. The number of ether oxygens (including phenoxy) is 1. The third-order valence-corrected chi connectivity index (χ3v) is 7.13. The first kappa shape index (κ1) is 21.1. The average Bonchev–Trinajstić information content (AvgIpc) is 3.10. The van der Waals surface area contributed by atoms with Crippen LogP contribution in [-0.4, -0.2) is 38.6 Å². The van der Waals surface area contributed by atoms with E-state index < -0.39 is 22.5 Å². The maximum Gasteiger partial charge on any atom is 0.407 e. The highest BCUT2D eigenvalue weighted by molar-refractivity contribution is 7.91. The van der Waals surface area contributed by atoms with Gasteiger partial charge in [-0.2, -0.15) is 0 Å². The maximum atomic E-state index is 12.3. The van der Waals surface area contributed by atoms with Crippen LogP contribution in [0.25, 0.3) is 11.1 Å². The van der Waals surface area contributed by atoms with Crippen molar-refractivity contribution in [3.05, 3.63) is 89.5 Å². The lowest BCUT2D eigenvalue weighted by atomic mass is 9.98. The number of amides is 1. The van der Waals surface area contributed by atoms with Crippen molar-refractivity contribution in [3.63, 3.8) is 0 Å². The standard InChI is InChI=1S/C24H23NO5S/c26-13-14-31(28,29)18-11-9-17(10-12-18)15-25-24(27)30-16-23-21-7-3-1-5-19(21)20-6-2-4-8-22(20)23/h1-12,23,26H,13-16H2,(H,25,27). The lowest BCUT2D eigenvalue weighted by Gasteiger charge is -2.14. The fourth-order valence-corrected chi connectivity index (χ4v) is 4.90. The van der Waals surface area contributed by atoms with Crippen LogP contribution in [0, 0.1) is 0 Å². The molecule has 160 valence electrons. The summed E-state index contributed by atoms with van der Waals surface area (Å²) in [5.74, 6) is -0.321.